The van der Waals surface area contributed by atoms with Crippen LogP contribution in [0.1, 0.15) is 18.1 Å². The number of esters is 1. The van der Waals surface area contributed by atoms with Gasteiger partial charge in [0.1, 0.15) is 18.8 Å². The van der Waals surface area contributed by atoms with Crippen molar-refractivity contribution in [1.82, 2.24) is 10.2 Å². The molecule has 0 bridgehead atoms. The van der Waals surface area contributed by atoms with Crippen LogP contribution in [-0.4, -0.2) is 43.1 Å². The number of amides is 3. The van der Waals surface area contributed by atoms with E-state index < -0.39 is 24.5 Å². The molecule has 35 heavy (non-hydrogen) atoms. The van der Waals surface area contributed by atoms with Crippen molar-refractivity contribution >= 4 is 46.4 Å². The average molecular weight is 495 g/mol. The lowest BCUT2D eigenvalue weighted by Crippen LogP contribution is -2.36. The maximum atomic E-state index is 12.6. The molecule has 9 heteroatoms. The molecule has 0 spiro atoms. The number of hydrogen-bond acceptors (Lipinski definition) is 6. The van der Waals surface area contributed by atoms with E-state index in [2.05, 4.69) is 10.1 Å². The number of benzene rings is 3. The van der Waals surface area contributed by atoms with E-state index in [4.69, 9.17) is 21.1 Å². The van der Waals surface area contributed by atoms with E-state index in [0.29, 0.717) is 23.7 Å². The van der Waals surface area contributed by atoms with Crippen LogP contribution in [0.4, 0.5) is 4.79 Å². The number of ether oxygens (including phenoxy) is 3. The molecule has 3 aromatic rings. The van der Waals surface area contributed by atoms with E-state index in [1.165, 1.54) is 13.2 Å². The molecule has 0 radical (unpaired) electrons. The van der Waals surface area contributed by atoms with Gasteiger partial charge in [0.25, 0.3) is 5.91 Å². The van der Waals surface area contributed by atoms with Gasteiger partial charge < -0.3 is 19.5 Å². The molecule has 0 aliphatic carbocycles. The predicted octanol–water partition coefficient (Wildman–Crippen LogP) is 4.54. The van der Waals surface area contributed by atoms with E-state index >= 15 is 0 Å². The van der Waals surface area contributed by atoms with Gasteiger partial charge in [-0.25, -0.2) is 9.69 Å². The van der Waals surface area contributed by atoms with Crippen molar-refractivity contribution in [3.63, 3.8) is 0 Å². The van der Waals surface area contributed by atoms with Gasteiger partial charge in [0, 0.05) is 0 Å². The minimum absolute atomic E-state index is 0.00171. The van der Waals surface area contributed by atoms with Gasteiger partial charge >= 0.3 is 12.0 Å². The zero-order valence-corrected chi connectivity index (χ0v) is 19.9. The van der Waals surface area contributed by atoms with Gasteiger partial charge in [0.15, 0.2) is 11.5 Å². The number of imide groups is 1. The number of carbonyl (C=O) groups excluding carboxylic acids is 3. The molecule has 4 rings (SSSR count). The molecule has 1 heterocycles. The molecule has 1 aliphatic rings. The SMILES string of the molecule is CCOc1cc(/C=C2/NC(=O)N(CC(=O)OC)C2=O)cc(Cl)c1OCc1cccc2ccccc12. The lowest BCUT2D eigenvalue weighted by atomic mass is 10.1. The number of fused-ring (bicyclic) bond motifs is 1. The minimum Gasteiger partial charge on any atom is -0.490 e. The van der Waals surface area contributed by atoms with Crippen molar-refractivity contribution in [2.75, 3.05) is 20.3 Å². The molecule has 8 nitrogen and oxygen atoms in total. The first-order chi connectivity index (χ1) is 16.9. The normalized spacial score (nSPS) is 14.4. The van der Waals surface area contributed by atoms with E-state index in [0.717, 1.165) is 21.2 Å². The third kappa shape index (κ3) is 5.22. The van der Waals surface area contributed by atoms with E-state index in [9.17, 15) is 14.4 Å². The van der Waals surface area contributed by atoms with Crippen molar-refractivity contribution in [1.29, 1.82) is 0 Å². The van der Waals surface area contributed by atoms with Crippen LogP contribution in [0.3, 0.4) is 0 Å². The minimum atomic E-state index is -0.710. The Hall–Kier alpha value is -4.04. The summed E-state index contributed by atoms with van der Waals surface area (Å²) in [5, 5.41) is 4.93. The van der Waals surface area contributed by atoms with E-state index in [1.807, 2.05) is 49.4 Å². The maximum absolute atomic E-state index is 12.6. The molecule has 1 saturated heterocycles. The van der Waals surface area contributed by atoms with Crippen LogP contribution in [0.5, 0.6) is 11.5 Å². The summed E-state index contributed by atoms with van der Waals surface area (Å²) in [5.74, 6) is -0.581. The molecule has 0 atom stereocenters. The largest absolute Gasteiger partial charge is 0.490 e. The summed E-state index contributed by atoms with van der Waals surface area (Å²) >= 11 is 6.54. The molecular formula is C26H23ClN2O6. The Balaban J connectivity index is 1.59. The number of rotatable bonds is 8. The number of hydrogen-bond donors (Lipinski definition) is 1. The predicted molar refractivity (Wildman–Crippen MR) is 131 cm³/mol. The Kier molecular flexibility index (Phi) is 7.22. The van der Waals surface area contributed by atoms with Crippen LogP contribution in [0.2, 0.25) is 5.02 Å². The van der Waals surface area contributed by atoms with Gasteiger partial charge in [-0.15, -0.1) is 0 Å². The quantitative estimate of drug-likeness (QED) is 0.281. The monoisotopic (exact) mass is 494 g/mol. The van der Waals surface area contributed by atoms with Crippen LogP contribution in [-0.2, 0) is 20.9 Å². The number of halogens is 1. The number of carbonyl (C=O) groups is 3. The summed E-state index contributed by atoms with van der Waals surface area (Å²) in [7, 11) is 1.18. The molecule has 1 fully saturated rings. The molecule has 0 unspecified atom stereocenters. The summed E-state index contributed by atoms with van der Waals surface area (Å²) < 4.78 is 16.4. The van der Waals surface area contributed by atoms with Crippen molar-refractivity contribution < 1.29 is 28.6 Å². The molecule has 180 valence electrons. The van der Waals surface area contributed by atoms with Crippen molar-refractivity contribution in [3.8, 4) is 11.5 Å². The molecule has 3 aromatic carbocycles. The second kappa shape index (κ2) is 10.5. The third-order valence-corrected chi connectivity index (χ3v) is 5.65. The highest BCUT2D eigenvalue weighted by atomic mass is 35.5. The number of methoxy groups -OCH3 is 1. The van der Waals surface area contributed by atoms with Crippen LogP contribution >= 0.6 is 11.6 Å². The summed E-state index contributed by atoms with van der Waals surface area (Å²) in [6, 6.07) is 16.6. The molecular weight excluding hydrogens is 472 g/mol. The van der Waals surface area contributed by atoms with Crippen LogP contribution in [0, 0.1) is 0 Å². The van der Waals surface area contributed by atoms with Crippen LogP contribution < -0.4 is 14.8 Å². The summed E-state index contributed by atoms with van der Waals surface area (Å²) in [6.07, 6.45) is 1.46. The third-order valence-electron chi connectivity index (χ3n) is 5.37. The first kappa shape index (κ1) is 24.1. The average Bonchev–Trinajstić information content (AvgIpc) is 3.10. The molecule has 0 saturated carbocycles. The van der Waals surface area contributed by atoms with Crippen LogP contribution in [0.15, 0.2) is 60.3 Å². The summed E-state index contributed by atoms with van der Waals surface area (Å²) in [6.45, 7) is 1.99. The highest BCUT2D eigenvalue weighted by Crippen LogP contribution is 2.38. The Morgan fingerprint density at radius 1 is 1.09 bits per heavy atom. The van der Waals surface area contributed by atoms with Gasteiger partial charge in [-0.05, 0) is 47.0 Å². The van der Waals surface area contributed by atoms with Gasteiger partial charge in [-0.2, -0.15) is 0 Å². The standard InChI is InChI=1S/C26H23ClN2O6/c1-3-34-22-13-16(12-21-25(31)29(26(32)28-21)14-23(30)33-2)11-20(27)24(22)35-15-18-9-6-8-17-7-4-5-10-19(17)18/h4-13H,3,14-15H2,1-2H3,(H,28,32)/b21-12+. The van der Waals surface area contributed by atoms with Crippen molar-refractivity contribution in [2.45, 2.75) is 13.5 Å². The highest BCUT2D eigenvalue weighted by molar-refractivity contribution is 6.32. The second-order valence-corrected chi connectivity index (χ2v) is 8.05. The molecule has 3 amide bonds. The van der Waals surface area contributed by atoms with Crippen molar-refractivity contribution in [3.05, 3.63) is 76.4 Å². The zero-order valence-electron chi connectivity index (χ0n) is 19.2. The topological polar surface area (TPSA) is 94.2 Å². The lowest BCUT2D eigenvalue weighted by molar-refractivity contribution is -0.143. The van der Waals surface area contributed by atoms with E-state index in [-0.39, 0.29) is 17.3 Å². The summed E-state index contributed by atoms with van der Waals surface area (Å²) in [5.41, 5.74) is 1.51. The Bertz CT molecular complexity index is 1330. The molecule has 1 N–H and O–H groups in total. The van der Waals surface area contributed by atoms with Gasteiger partial charge in [0.05, 0.1) is 18.7 Å². The van der Waals surface area contributed by atoms with Gasteiger partial charge in [-0.1, -0.05) is 54.1 Å². The highest BCUT2D eigenvalue weighted by Gasteiger charge is 2.35. The fourth-order valence-electron chi connectivity index (χ4n) is 3.72. The maximum Gasteiger partial charge on any atom is 0.329 e. The number of urea groups is 1. The number of nitrogens with zero attached hydrogens (tertiary/aromatic N) is 1. The fourth-order valence-corrected chi connectivity index (χ4v) is 3.99. The van der Waals surface area contributed by atoms with E-state index in [1.54, 1.807) is 12.1 Å². The lowest BCUT2D eigenvalue weighted by Gasteiger charge is -2.15. The Labute approximate surface area is 207 Å². The fraction of sp³-hybridized carbons (Fsp3) is 0.192. The zero-order chi connectivity index (χ0) is 24.9. The smallest absolute Gasteiger partial charge is 0.329 e. The summed E-state index contributed by atoms with van der Waals surface area (Å²) in [4.78, 5) is 37.0. The number of nitrogens with one attached hydrogen (secondary N) is 1. The van der Waals surface area contributed by atoms with Gasteiger partial charge in [-0.3, -0.25) is 9.59 Å². The van der Waals surface area contributed by atoms with Crippen LogP contribution in [0.25, 0.3) is 16.8 Å². The molecule has 0 aromatic heterocycles. The Morgan fingerprint density at radius 2 is 1.86 bits per heavy atom. The van der Waals surface area contributed by atoms with Crippen molar-refractivity contribution in [2.24, 2.45) is 0 Å². The first-order valence-corrected chi connectivity index (χ1v) is 11.3. The Morgan fingerprint density at radius 3 is 2.63 bits per heavy atom. The second-order valence-electron chi connectivity index (χ2n) is 7.65. The van der Waals surface area contributed by atoms with Gasteiger partial charge in [0.2, 0.25) is 0 Å². The first-order valence-electron chi connectivity index (χ1n) is 10.9. The molecule has 1 aliphatic heterocycles.